The third kappa shape index (κ3) is 5.00. The predicted molar refractivity (Wildman–Crippen MR) is 97.0 cm³/mol. The summed E-state index contributed by atoms with van der Waals surface area (Å²) in [5.41, 5.74) is 2.62. The Hall–Kier alpha value is -2.00. The summed E-state index contributed by atoms with van der Waals surface area (Å²) in [6.07, 6.45) is 0.416. The molecular formula is C20H23ClO3. The van der Waals surface area contributed by atoms with Crippen molar-refractivity contribution in [3.05, 3.63) is 64.2 Å². The van der Waals surface area contributed by atoms with Crippen LogP contribution in [-0.4, -0.2) is 17.7 Å². The molecule has 0 saturated heterocycles. The normalized spacial score (nSPS) is 12.2. The fourth-order valence-electron chi connectivity index (χ4n) is 2.39. The highest BCUT2D eigenvalue weighted by molar-refractivity contribution is 6.31. The molecule has 0 radical (unpaired) electrons. The molecule has 24 heavy (non-hydrogen) atoms. The number of aliphatic carboxylic acids is 1. The molecule has 0 amide bonds. The van der Waals surface area contributed by atoms with E-state index in [9.17, 15) is 9.90 Å². The summed E-state index contributed by atoms with van der Waals surface area (Å²) in [6.45, 7) is 6.76. The number of halogens is 1. The van der Waals surface area contributed by atoms with Crippen LogP contribution in [0.3, 0.4) is 0 Å². The van der Waals surface area contributed by atoms with E-state index in [-0.39, 0.29) is 0 Å². The van der Waals surface area contributed by atoms with Crippen LogP contribution in [0.15, 0.2) is 42.5 Å². The Morgan fingerprint density at radius 1 is 1.17 bits per heavy atom. The number of carboxylic acids is 1. The van der Waals surface area contributed by atoms with Gasteiger partial charge in [-0.25, -0.2) is 0 Å². The number of carboxylic acid groups (broad SMARTS) is 1. The van der Waals surface area contributed by atoms with Crippen molar-refractivity contribution in [1.29, 1.82) is 0 Å². The zero-order valence-corrected chi connectivity index (χ0v) is 15.0. The molecule has 0 bridgehead atoms. The smallest absolute Gasteiger partial charge is 0.311 e. The molecule has 0 fully saturated rings. The highest BCUT2D eigenvalue weighted by Gasteiger charge is 2.21. The highest BCUT2D eigenvalue weighted by Crippen LogP contribution is 2.26. The topological polar surface area (TPSA) is 46.5 Å². The van der Waals surface area contributed by atoms with Gasteiger partial charge < -0.3 is 9.84 Å². The average molecular weight is 347 g/mol. The Morgan fingerprint density at radius 2 is 1.83 bits per heavy atom. The number of aryl methyl sites for hydroxylation is 1. The lowest BCUT2D eigenvalue weighted by molar-refractivity contribution is -0.138. The summed E-state index contributed by atoms with van der Waals surface area (Å²) in [7, 11) is 0. The Bertz CT molecular complexity index is 693. The first-order valence-corrected chi connectivity index (χ1v) is 8.45. The summed E-state index contributed by atoms with van der Waals surface area (Å²) in [5.74, 6) is -0.203. The van der Waals surface area contributed by atoms with Crippen LogP contribution < -0.4 is 4.74 Å². The van der Waals surface area contributed by atoms with Crippen molar-refractivity contribution in [1.82, 2.24) is 0 Å². The molecule has 2 aromatic rings. The van der Waals surface area contributed by atoms with Crippen molar-refractivity contribution >= 4 is 17.6 Å². The van der Waals surface area contributed by atoms with Crippen molar-refractivity contribution in [2.45, 2.75) is 33.1 Å². The Balaban J connectivity index is 2.13. The standard InChI is InChI=1S/C20H23ClO3/c1-13(2)12-24-17-8-5-15(6-9-17)10-18(20(22)23)16-7-4-14(3)19(21)11-16/h4-9,11,13,18H,10,12H2,1-3H3,(H,22,23). The molecule has 0 aliphatic heterocycles. The van der Waals surface area contributed by atoms with Gasteiger partial charge in [-0.05, 0) is 54.2 Å². The fourth-order valence-corrected chi connectivity index (χ4v) is 2.58. The number of ether oxygens (including phenoxy) is 1. The molecule has 3 nitrogen and oxygen atoms in total. The summed E-state index contributed by atoms with van der Waals surface area (Å²) < 4.78 is 5.65. The van der Waals surface area contributed by atoms with Crippen molar-refractivity contribution in [2.75, 3.05) is 6.61 Å². The van der Waals surface area contributed by atoms with Gasteiger partial charge in [0, 0.05) is 5.02 Å². The van der Waals surface area contributed by atoms with Crippen molar-refractivity contribution in [3.8, 4) is 5.75 Å². The molecule has 0 aliphatic rings. The molecule has 1 atom stereocenters. The van der Waals surface area contributed by atoms with Gasteiger partial charge in [0.05, 0.1) is 12.5 Å². The second-order valence-corrected chi connectivity index (χ2v) is 6.86. The van der Waals surface area contributed by atoms with E-state index in [1.165, 1.54) is 0 Å². The second-order valence-electron chi connectivity index (χ2n) is 6.45. The van der Waals surface area contributed by atoms with Crippen LogP contribution in [-0.2, 0) is 11.2 Å². The second kappa shape index (κ2) is 8.20. The van der Waals surface area contributed by atoms with Gasteiger partial charge in [-0.1, -0.05) is 49.7 Å². The van der Waals surface area contributed by atoms with E-state index in [0.29, 0.717) is 24.0 Å². The molecule has 1 unspecified atom stereocenters. The zero-order valence-electron chi connectivity index (χ0n) is 14.3. The molecule has 4 heteroatoms. The third-order valence-electron chi connectivity index (χ3n) is 3.84. The largest absolute Gasteiger partial charge is 0.493 e. The number of hydrogen-bond donors (Lipinski definition) is 1. The van der Waals surface area contributed by atoms with Crippen LogP contribution >= 0.6 is 11.6 Å². The highest BCUT2D eigenvalue weighted by atomic mass is 35.5. The van der Waals surface area contributed by atoms with E-state index >= 15 is 0 Å². The lowest BCUT2D eigenvalue weighted by Gasteiger charge is -2.15. The first-order chi connectivity index (χ1) is 11.4. The molecule has 0 saturated carbocycles. The summed E-state index contributed by atoms with van der Waals surface area (Å²) >= 11 is 6.14. The van der Waals surface area contributed by atoms with E-state index in [1.807, 2.05) is 43.3 Å². The number of carbonyl (C=O) groups is 1. The summed E-state index contributed by atoms with van der Waals surface area (Å²) in [5, 5.41) is 10.2. The molecule has 0 aromatic heterocycles. The van der Waals surface area contributed by atoms with Crippen LogP contribution in [0, 0.1) is 12.8 Å². The van der Waals surface area contributed by atoms with E-state index < -0.39 is 11.9 Å². The maximum atomic E-state index is 11.7. The van der Waals surface area contributed by atoms with Gasteiger partial charge >= 0.3 is 5.97 Å². The molecule has 1 N–H and O–H groups in total. The maximum Gasteiger partial charge on any atom is 0.311 e. The maximum absolute atomic E-state index is 11.7. The SMILES string of the molecule is Cc1ccc(C(Cc2ccc(OCC(C)C)cc2)C(=O)O)cc1Cl. The van der Waals surface area contributed by atoms with Crippen molar-refractivity contribution in [3.63, 3.8) is 0 Å². The predicted octanol–water partition coefficient (Wildman–Crippen LogP) is 5.09. The van der Waals surface area contributed by atoms with Crippen molar-refractivity contribution < 1.29 is 14.6 Å². The minimum Gasteiger partial charge on any atom is -0.493 e. The van der Waals surface area contributed by atoms with Crippen LogP contribution in [0.1, 0.15) is 36.5 Å². The quantitative estimate of drug-likeness (QED) is 0.759. The minimum absolute atomic E-state index is 0.416. The Kier molecular flexibility index (Phi) is 6.27. The number of hydrogen-bond acceptors (Lipinski definition) is 2. The van der Waals surface area contributed by atoms with Gasteiger partial charge in [-0.3, -0.25) is 4.79 Å². The van der Waals surface area contributed by atoms with Gasteiger partial charge in [0.15, 0.2) is 0 Å². The Morgan fingerprint density at radius 3 is 2.38 bits per heavy atom. The lowest BCUT2D eigenvalue weighted by Crippen LogP contribution is -2.14. The molecule has 2 rings (SSSR count). The van der Waals surface area contributed by atoms with Crippen molar-refractivity contribution in [2.24, 2.45) is 5.92 Å². The molecule has 2 aromatic carbocycles. The van der Waals surface area contributed by atoms with Gasteiger partial charge in [0.2, 0.25) is 0 Å². The van der Waals surface area contributed by atoms with Crippen LogP contribution in [0.25, 0.3) is 0 Å². The molecule has 128 valence electrons. The first-order valence-electron chi connectivity index (χ1n) is 8.07. The zero-order chi connectivity index (χ0) is 17.7. The third-order valence-corrected chi connectivity index (χ3v) is 4.25. The summed E-state index contributed by atoms with van der Waals surface area (Å²) in [6, 6.07) is 13.0. The van der Waals surface area contributed by atoms with E-state index in [1.54, 1.807) is 6.07 Å². The molecule has 0 heterocycles. The van der Waals surface area contributed by atoms with Crippen LogP contribution in [0.4, 0.5) is 0 Å². The van der Waals surface area contributed by atoms with Gasteiger partial charge in [-0.2, -0.15) is 0 Å². The van der Waals surface area contributed by atoms with E-state index in [0.717, 1.165) is 22.4 Å². The minimum atomic E-state index is -0.852. The molecule has 0 aliphatic carbocycles. The van der Waals surface area contributed by atoms with E-state index in [2.05, 4.69) is 13.8 Å². The van der Waals surface area contributed by atoms with Crippen LogP contribution in [0.2, 0.25) is 5.02 Å². The molecule has 0 spiro atoms. The van der Waals surface area contributed by atoms with E-state index in [4.69, 9.17) is 16.3 Å². The molecular weight excluding hydrogens is 324 g/mol. The average Bonchev–Trinajstić information content (AvgIpc) is 2.54. The first kappa shape index (κ1) is 18.3. The number of rotatable bonds is 7. The summed E-state index contributed by atoms with van der Waals surface area (Å²) in [4.78, 5) is 11.7. The number of benzene rings is 2. The lowest BCUT2D eigenvalue weighted by atomic mass is 9.91. The Labute approximate surface area is 148 Å². The van der Waals surface area contributed by atoms with Gasteiger partial charge in [0.25, 0.3) is 0 Å². The monoisotopic (exact) mass is 346 g/mol. The van der Waals surface area contributed by atoms with Gasteiger partial charge in [-0.15, -0.1) is 0 Å². The van der Waals surface area contributed by atoms with Crippen LogP contribution in [0.5, 0.6) is 5.75 Å². The van der Waals surface area contributed by atoms with Gasteiger partial charge in [0.1, 0.15) is 5.75 Å². The fraction of sp³-hybridized carbons (Fsp3) is 0.350.